The largest absolute Gasteiger partial charge is 0.379 e. The van der Waals surface area contributed by atoms with Crippen LogP contribution in [0.15, 0.2) is 28.6 Å². The van der Waals surface area contributed by atoms with Crippen molar-refractivity contribution in [2.75, 3.05) is 44.7 Å². The van der Waals surface area contributed by atoms with Crippen molar-refractivity contribution in [3.63, 3.8) is 0 Å². The third-order valence-electron chi connectivity index (χ3n) is 4.18. The third kappa shape index (κ3) is 5.79. The summed E-state index contributed by atoms with van der Waals surface area (Å²) in [7, 11) is -3.75. The zero-order valence-corrected chi connectivity index (χ0v) is 17.2. The molecule has 1 amide bonds. The SMILES string of the molecule is Cc1cccc(C(=O)Nc2nnc(S(=O)(=O)NCCCN3CCOCC3)s2)c1. The predicted molar refractivity (Wildman–Crippen MR) is 106 cm³/mol. The number of sulfonamides is 1. The van der Waals surface area contributed by atoms with E-state index in [2.05, 4.69) is 25.1 Å². The number of morpholine rings is 1. The Balaban J connectivity index is 1.50. The van der Waals surface area contributed by atoms with Crippen molar-refractivity contribution in [3.05, 3.63) is 35.4 Å². The molecule has 1 aromatic heterocycles. The summed E-state index contributed by atoms with van der Waals surface area (Å²) in [6, 6.07) is 7.08. The summed E-state index contributed by atoms with van der Waals surface area (Å²) in [5.74, 6) is -0.359. The summed E-state index contributed by atoms with van der Waals surface area (Å²) in [4.78, 5) is 14.5. The quantitative estimate of drug-likeness (QED) is 0.481. The van der Waals surface area contributed by atoms with Crippen molar-refractivity contribution in [1.29, 1.82) is 0 Å². The second-order valence-corrected chi connectivity index (χ2v) is 9.32. The molecule has 0 saturated carbocycles. The van der Waals surface area contributed by atoms with Gasteiger partial charge in [-0.1, -0.05) is 29.0 Å². The average Bonchev–Trinajstić information content (AvgIpc) is 3.16. The number of aromatic nitrogens is 2. The maximum Gasteiger partial charge on any atom is 0.269 e. The van der Waals surface area contributed by atoms with Crippen LogP contribution in [0.1, 0.15) is 22.3 Å². The number of amides is 1. The van der Waals surface area contributed by atoms with Gasteiger partial charge in [-0.2, -0.15) is 0 Å². The Labute approximate surface area is 168 Å². The first-order chi connectivity index (χ1) is 13.4. The summed E-state index contributed by atoms with van der Waals surface area (Å²) in [6.07, 6.45) is 0.689. The lowest BCUT2D eigenvalue weighted by atomic mass is 10.1. The highest BCUT2D eigenvalue weighted by Crippen LogP contribution is 2.20. The Hall–Kier alpha value is -1.92. The maximum absolute atomic E-state index is 12.3. The monoisotopic (exact) mass is 425 g/mol. The van der Waals surface area contributed by atoms with Gasteiger partial charge in [0, 0.05) is 25.2 Å². The summed E-state index contributed by atoms with van der Waals surface area (Å²) in [5.41, 5.74) is 1.43. The zero-order valence-electron chi connectivity index (χ0n) is 15.6. The minimum absolute atomic E-state index is 0.139. The van der Waals surface area contributed by atoms with E-state index in [1.165, 1.54) is 0 Å². The van der Waals surface area contributed by atoms with Gasteiger partial charge in [-0.25, -0.2) is 13.1 Å². The summed E-state index contributed by atoms with van der Waals surface area (Å²) in [5, 5.41) is 10.2. The topological polar surface area (TPSA) is 114 Å². The first-order valence-electron chi connectivity index (χ1n) is 8.95. The zero-order chi connectivity index (χ0) is 20.0. The van der Waals surface area contributed by atoms with Gasteiger partial charge in [0.25, 0.3) is 15.9 Å². The van der Waals surface area contributed by atoms with Crippen molar-refractivity contribution in [2.24, 2.45) is 0 Å². The second-order valence-electron chi connectivity index (χ2n) is 6.40. The number of aryl methyl sites for hydroxylation is 1. The van der Waals surface area contributed by atoms with Crippen LogP contribution in [0.4, 0.5) is 5.13 Å². The molecule has 2 aromatic rings. The summed E-state index contributed by atoms with van der Waals surface area (Å²) in [6.45, 7) is 6.17. The van der Waals surface area contributed by atoms with Gasteiger partial charge in [0.05, 0.1) is 13.2 Å². The molecule has 28 heavy (non-hydrogen) atoms. The van der Waals surface area contributed by atoms with Crippen LogP contribution in [0.5, 0.6) is 0 Å². The van der Waals surface area contributed by atoms with E-state index in [1.807, 2.05) is 13.0 Å². The molecule has 1 aliphatic rings. The molecule has 0 spiro atoms. The molecule has 0 atom stereocenters. The molecule has 0 unspecified atom stereocenters. The average molecular weight is 426 g/mol. The molecule has 2 N–H and O–H groups in total. The van der Waals surface area contributed by atoms with Crippen LogP contribution in [-0.4, -0.2) is 68.8 Å². The van der Waals surface area contributed by atoms with Crippen LogP contribution in [0.25, 0.3) is 0 Å². The number of nitrogens with one attached hydrogen (secondary N) is 2. The van der Waals surface area contributed by atoms with Gasteiger partial charge < -0.3 is 4.74 Å². The Morgan fingerprint density at radius 3 is 2.82 bits per heavy atom. The Kier molecular flexibility index (Phi) is 7.08. The van der Waals surface area contributed by atoms with Gasteiger partial charge in [0.1, 0.15) is 0 Å². The normalized spacial score (nSPS) is 15.5. The lowest BCUT2D eigenvalue weighted by Crippen LogP contribution is -2.38. The van der Waals surface area contributed by atoms with Gasteiger partial charge in [-0.15, -0.1) is 10.2 Å². The molecule has 0 aliphatic carbocycles. The summed E-state index contributed by atoms with van der Waals surface area (Å²) < 4.78 is 32.3. The van der Waals surface area contributed by atoms with E-state index in [-0.39, 0.29) is 15.4 Å². The lowest BCUT2D eigenvalue weighted by Gasteiger charge is -2.26. The van der Waals surface area contributed by atoms with Crippen LogP contribution in [0.2, 0.25) is 0 Å². The Morgan fingerprint density at radius 1 is 1.29 bits per heavy atom. The smallest absolute Gasteiger partial charge is 0.269 e. The number of nitrogens with zero attached hydrogens (tertiary/aromatic N) is 3. The van der Waals surface area contributed by atoms with Crippen molar-refractivity contribution in [3.8, 4) is 0 Å². The summed E-state index contributed by atoms with van der Waals surface area (Å²) >= 11 is 0.822. The lowest BCUT2D eigenvalue weighted by molar-refractivity contribution is 0.0376. The minimum atomic E-state index is -3.75. The van der Waals surface area contributed by atoms with Gasteiger partial charge in [-0.05, 0) is 32.0 Å². The first-order valence-corrected chi connectivity index (χ1v) is 11.3. The molecule has 3 rings (SSSR count). The van der Waals surface area contributed by atoms with Crippen LogP contribution >= 0.6 is 11.3 Å². The molecule has 11 heteroatoms. The third-order valence-corrected chi connectivity index (χ3v) is 6.85. The van der Waals surface area contributed by atoms with E-state index in [4.69, 9.17) is 4.74 Å². The second kappa shape index (κ2) is 9.52. The molecule has 152 valence electrons. The van der Waals surface area contributed by atoms with Gasteiger partial charge in [-0.3, -0.25) is 15.0 Å². The molecule has 1 aliphatic heterocycles. The van der Waals surface area contributed by atoms with E-state index in [0.717, 1.165) is 36.5 Å². The highest BCUT2D eigenvalue weighted by atomic mass is 32.2. The van der Waals surface area contributed by atoms with Crippen molar-refractivity contribution >= 4 is 32.4 Å². The van der Waals surface area contributed by atoms with Crippen LogP contribution < -0.4 is 10.0 Å². The van der Waals surface area contributed by atoms with E-state index < -0.39 is 10.0 Å². The number of anilines is 1. The highest BCUT2D eigenvalue weighted by Gasteiger charge is 2.21. The maximum atomic E-state index is 12.3. The molecule has 2 heterocycles. The number of benzene rings is 1. The molecule has 1 saturated heterocycles. The van der Waals surface area contributed by atoms with Gasteiger partial charge in [0.2, 0.25) is 9.47 Å². The fourth-order valence-electron chi connectivity index (χ4n) is 2.72. The van der Waals surface area contributed by atoms with Crippen molar-refractivity contribution < 1.29 is 17.9 Å². The van der Waals surface area contributed by atoms with E-state index >= 15 is 0 Å². The van der Waals surface area contributed by atoms with Crippen LogP contribution in [0, 0.1) is 6.92 Å². The fourth-order valence-corrected chi connectivity index (χ4v) is 4.73. The van der Waals surface area contributed by atoms with Crippen LogP contribution in [0.3, 0.4) is 0 Å². The molecule has 0 radical (unpaired) electrons. The highest BCUT2D eigenvalue weighted by molar-refractivity contribution is 7.91. The van der Waals surface area contributed by atoms with Crippen LogP contribution in [-0.2, 0) is 14.8 Å². The predicted octanol–water partition coefficient (Wildman–Crippen LogP) is 1.10. The Morgan fingerprint density at radius 2 is 2.07 bits per heavy atom. The standard InChI is InChI=1S/C17H23N5O4S2/c1-13-4-2-5-14(12-13)15(23)19-16-20-21-17(27-16)28(24,25)18-6-3-7-22-8-10-26-11-9-22/h2,4-5,12,18H,3,6-11H2,1H3,(H,19,20,23). The Bertz CT molecular complexity index is 910. The first kappa shape index (κ1) is 20.8. The molecular weight excluding hydrogens is 402 g/mol. The van der Waals surface area contributed by atoms with E-state index in [9.17, 15) is 13.2 Å². The van der Waals surface area contributed by atoms with E-state index in [0.29, 0.717) is 31.7 Å². The molecular formula is C17H23N5O4S2. The molecule has 1 fully saturated rings. The van der Waals surface area contributed by atoms with Crippen molar-refractivity contribution in [2.45, 2.75) is 17.7 Å². The molecule has 9 nitrogen and oxygen atoms in total. The number of hydrogen-bond donors (Lipinski definition) is 2. The van der Waals surface area contributed by atoms with Gasteiger partial charge >= 0.3 is 0 Å². The van der Waals surface area contributed by atoms with Gasteiger partial charge in [0.15, 0.2) is 0 Å². The van der Waals surface area contributed by atoms with E-state index in [1.54, 1.807) is 18.2 Å². The molecule has 1 aromatic carbocycles. The number of carbonyl (C=O) groups is 1. The number of hydrogen-bond acceptors (Lipinski definition) is 8. The fraction of sp³-hybridized carbons (Fsp3) is 0.471. The number of carbonyl (C=O) groups excluding carboxylic acids is 1. The number of ether oxygens (including phenoxy) is 1. The van der Waals surface area contributed by atoms with Crippen molar-refractivity contribution in [1.82, 2.24) is 19.8 Å². The minimum Gasteiger partial charge on any atom is -0.379 e. The molecule has 0 bridgehead atoms. The number of rotatable bonds is 8.